The van der Waals surface area contributed by atoms with Crippen LogP contribution in [0.25, 0.3) is 0 Å². The number of carbonyl (C=O) groups is 3. The Labute approximate surface area is 126 Å². The van der Waals surface area contributed by atoms with Crippen LogP contribution in [0.3, 0.4) is 0 Å². The molecular formula is C10H16O6S3. The molecule has 0 aromatic heterocycles. The minimum atomic E-state index is -1.95. The Morgan fingerprint density at radius 2 is 0.895 bits per heavy atom. The molecule has 0 aliphatic carbocycles. The van der Waals surface area contributed by atoms with Crippen LogP contribution >= 0.6 is 37.9 Å². The highest BCUT2D eigenvalue weighted by molar-refractivity contribution is 7.85. The summed E-state index contributed by atoms with van der Waals surface area (Å²) in [6, 6.07) is 0. The molecule has 0 rings (SSSR count). The summed E-state index contributed by atoms with van der Waals surface area (Å²) >= 11 is 11.8. The molecule has 0 saturated heterocycles. The van der Waals surface area contributed by atoms with E-state index < -0.39 is 38.1 Å². The highest BCUT2D eigenvalue weighted by Gasteiger charge is 2.60. The van der Waals surface area contributed by atoms with Gasteiger partial charge in [0.2, 0.25) is 0 Å². The van der Waals surface area contributed by atoms with Gasteiger partial charge in [0.15, 0.2) is 0 Å². The molecule has 0 fully saturated rings. The molecule has 3 N–H and O–H groups in total. The van der Waals surface area contributed by atoms with Crippen molar-refractivity contribution < 1.29 is 29.7 Å². The smallest absolute Gasteiger partial charge is 0.319 e. The van der Waals surface area contributed by atoms with Crippen molar-refractivity contribution in [1.29, 1.82) is 0 Å². The highest BCUT2D eigenvalue weighted by atomic mass is 32.1. The Morgan fingerprint density at radius 3 is 1.00 bits per heavy atom. The molecule has 6 nitrogen and oxygen atoms in total. The summed E-state index contributed by atoms with van der Waals surface area (Å²) in [5.41, 5.74) is 0. The third kappa shape index (κ3) is 3.32. The van der Waals surface area contributed by atoms with E-state index >= 15 is 0 Å². The standard InChI is InChI=1S/C10H16O6S3/c1-8(17,5(11)12)4(9(2,18)6(13)14)10(3,19)7(15)16/h4,17-19H,1-3H3,(H,11,12)(H,13,14)(H,15,16). The van der Waals surface area contributed by atoms with E-state index in [0.717, 1.165) is 20.8 Å². The van der Waals surface area contributed by atoms with E-state index in [9.17, 15) is 29.7 Å². The number of thiol groups is 3. The number of hydrogen-bond acceptors (Lipinski definition) is 6. The molecule has 9 heteroatoms. The van der Waals surface area contributed by atoms with Crippen LogP contribution in [0, 0.1) is 5.92 Å². The van der Waals surface area contributed by atoms with Gasteiger partial charge in [-0.15, -0.1) is 0 Å². The maximum absolute atomic E-state index is 11.3. The summed E-state index contributed by atoms with van der Waals surface area (Å²) < 4.78 is -5.86. The molecular weight excluding hydrogens is 312 g/mol. The second-order valence-corrected chi connectivity index (χ2v) is 7.58. The topological polar surface area (TPSA) is 112 Å². The quantitative estimate of drug-likeness (QED) is 0.404. The van der Waals surface area contributed by atoms with Crippen LogP contribution in [0.5, 0.6) is 0 Å². The second-order valence-electron chi connectivity index (χ2n) is 4.79. The fraction of sp³-hybridized carbons (Fsp3) is 0.700. The Kier molecular flexibility index (Phi) is 5.30. The molecule has 0 amide bonds. The molecule has 0 aliphatic rings. The molecule has 0 aromatic rings. The SMILES string of the molecule is CC(S)(C(=O)O)C(C(C)(S)C(=O)O)C(C)(S)C(=O)O. The average Bonchev–Trinajstić information content (AvgIpc) is 2.14. The molecule has 0 saturated carbocycles. The van der Waals surface area contributed by atoms with Crippen LogP contribution in [0.1, 0.15) is 20.8 Å². The molecule has 0 aromatic carbocycles. The largest absolute Gasteiger partial charge is 0.480 e. The van der Waals surface area contributed by atoms with E-state index in [1.807, 2.05) is 0 Å². The predicted octanol–water partition coefficient (Wildman–Crippen LogP) is 0.922. The van der Waals surface area contributed by atoms with Crippen molar-refractivity contribution in [2.24, 2.45) is 5.92 Å². The van der Waals surface area contributed by atoms with Gasteiger partial charge in [-0.05, 0) is 20.8 Å². The molecule has 0 aliphatic heterocycles. The highest BCUT2D eigenvalue weighted by Crippen LogP contribution is 2.47. The van der Waals surface area contributed by atoms with E-state index in [-0.39, 0.29) is 0 Å². The van der Waals surface area contributed by atoms with E-state index in [4.69, 9.17) is 0 Å². The first-order chi connectivity index (χ1) is 8.20. The lowest BCUT2D eigenvalue weighted by molar-refractivity contribution is -0.149. The minimum absolute atomic E-state index is 1.12. The Hall–Kier alpha value is -0.540. The van der Waals surface area contributed by atoms with Crippen molar-refractivity contribution in [2.45, 2.75) is 35.0 Å². The monoisotopic (exact) mass is 328 g/mol. The maximum Gasteiger partial charge on any atom is 0.319 e. The molecule has 110 valence electrons. The van der Waals surface area contributed by atoms with E-state index in [1.54, 1.807) is 0 Å². The molecule has 19 heavy (non-hydrogen) atoms. The van der Waals surface area contributed by atoms with Crippen molar-refractivity contribution in [1.82, 2.24) is 0 Å². The van der Waals surface area contributed by atoms with Crippen LogP contribution in [0.2, 0.25) is 0 Å². The van der Waals surface area contributed by atoms with Gasteiger partial charge >= 0.3 is 17.9 Å². The van der Waals surface area contributed by atoms with E-state index in [2.05, 4.69) is 37.9 Å². The van der Waals surface area contributed by atoms with Crippen molar-refractivity contribution in [3.8, 4) is 0 Å². The summed E-state index contributed by atoms with van der Waals surface area (Å²) in [7, 11) is 0. The van der Waals surface area contributed by atoms with Gasteiger partial charge in [-0.3, -0.25) is 14.4 Å². The third-order valence-electron chi connectivity index (χ3n) is 2.99. The fourth-order valence-corrected chi connectivity index (χ4v) is 3.87. The Bertz CT molecular complexity index is 354. The van der Waals surface area contributed by atoms with Gasteiger partial charge in [-0.2, -0.15) is 37.9 Å². The summed E-state index contributed by atoms with van der Waals surface area (Å²) in [5, 5.41) is 27.5. The third-order valence-corrected chi connectivity index (χ3v) is 4.33. The zero-order chi connectivity index (χ0) is 15.8. The van der Waals surface area contributed by atoms with Gasteiger partial charge in [-0.1, -0.05) is 0 Å². The average molecular weight is 328 g/mol. The van der Waals surface area contributed by atoms with E-state index in [0.29, 0.717) is 0 Å². The fourth-order valence-electron chi connectivity index (χ4n) is 2.01. The number of hydrogen-bond donors (Lipinski definition) is 6. The van der Waals surface area contributed by atoms with Crippen molar-refractivity contribution >= 4 is 55.8 Å². The van der Waals surface area contributed by atoms with Crippen LogP contribution in [0.15, 0.2) is 0 Å². The summed E-state index contributed by atoms with van der Waals surface area (Å²) in [4.78, 5) is 33.8. The van der Waals surface area contributed by atoms with Gasteiger partial charge in [0, 0.05) is 5.92 Å². The normalized spacial score (nSPS) is 22.4. The number of carboxylic acid groups (broad SMARTS) is 3. The first-order valence-corrected chi connectivity index (χ1v) is 6.41. The zero-order valence-electron chi connectivity index (χ0n) is 10.5. The second kappa shape index (κ2) is 5.45. The van der Waals surface area contributed by atoms with Crippen molar-refractivity contribution in [3.63, 3.8) is 0 Å². The lowest BCUT2D eigenvalue weighted by atomic mass is 9.73. The van der Waals surface area contributed by atoms with Gasteiger partial charge in [0.25, 0.3) is 0 Å². The number of aliphatic carboxylic acids is 3. The van der Waals surface area contributed by atoms with E-state index in [1.165, 1.54) is 0 Å². The van der Waals surface area contributed by atoms with Crippen LogP contribution in [-0.4, -0.2) is 47.5 Å². The molecule has 3 unspecified atom stereocenters. The molecule has 0 radical (unpaired) electrons. The number of carboxylic acids is 3. The zero-order valence-corrected chi connectivity index (χ0v) is 13.2. The Morgan fingerprint density at radius 1 is 0.737 bits per heavy atom. The minimum Gasteiger partial charge on any atom is -0.480 e. The first-order valence-electron chi connectivity index (χ1n) is 5.07. The molecule has 3 atom stereocenters. The molecule has 0 heterocycles. The van der Waals surface area contributed by atoms with Crippen LogP contribution < -0.4 is 0 Å². The predicted molar refractivity (Wildman–Crippen MR) is 78.6 cm³/mol. The summed E-state index contributed by atoms with van der Waals surface area (Å²) in [6.45, 7) is 3.37. The van der Waals surface area contributed by atoms with Gasteiger partial charge in [0.05, 0.1) is 0 Å². The lowest BCUT2D eigenvalue weighted by Crippen LogP contribution is -2.61. The molecule has 0 bridgehead atoms. The van der Waals surface area contributed by atoms with Crippen LogP contribution in [-0.2, 0) is 14.4 Å². The summed E-state index contributed by atoms with van der Waals surface area (Å²) in [5.74, 6) is -5.87. The van der Waals surface area contributed by atoms with Gasteiger partial charge in [-0.25, -0.2) is 0 Å². The van der Waals surface area contributed by atoms with Gasteiger partial charge < -0.3 is 15.3 Å². The lowest BCUT2D eigenvalue weighted by Gasteiger charge is -2.44. The summed E-state index contributed by atoms with van der Waals surface area (Å²) in [6.07, 6.45) is 0. The van der Waals surface area contributed by atoms with Crippen LogP contribution in [0.4, 0.5) is 0 Å². The first kappa shape index (κ1) is 18.5. The van der Waals surface area contributed by atoms with Crippen molar-refractivity contribution in [3.05, 3.63) is 0 Å². The van der Waals surface area contributed by atoms with Gasteiger partial charge in [0.1, 0.15) is 14.2 Å². The number of rotatable bonds is 6. The molecule has 0 spiro atoms. The maximum atomic E-state index is 11.3. The van der Waals surface area contributed by atoms with Crippen molar-refractivity contribution in [2.75, 3.05) is 0 Å². The Balaban J connectivity index is 6.16.